The van der Waals surface area contributed by atoms with Gasteiger partial charge in [-0.1, -0.05) is 29.4 Å². The van der Waals surface area contributed by atoms with Crippen LogP contribution >= 0.6 is 0 Å². The van der Waals surface area contributed by atoms with E-state index in [0.29, 0.717) is 37.6 Å². The molecule has 7 nitrogen and oxygen atoms in total. The molecule has 8 heteroatoms. The molecule has 0 unspecified atom stereocenters. The van der Waals surface area contributed by atoms with E-state index in [9.17, 15) is 9.18 Å². The number of amides is 1. The minimum Gasteiger partial charge on any atom is -0.339 e. The average Bonchev–Trinajstić information content (AvgIpc) is 3.21. The van der Waals surface area contributed by atoms with Crippen molar-refractivity contribution in [1.82, 2.24) is 20.2 Å². The van der Waals surface area contributed by atoms with Gasteiger partial charge in [-0.05, 0) is 60.0 Å². The van der Waals surface area contributed by atoms with Crippen LogP contribution in [0.2, 0.25) is 0 Å². The van der Waals surface area contributed by atoms with E-state index in [2.05, 4.69) is 25.7 Å². The summed E-state index contributed by atoms with van der Waals surface area (Å²) in [6.07, 6.45) is 1.36. The number of carbonyl (C=O) groups is 1. The number of hydrogen-bond donors (Lipinski definition) is 1. The molecule has 144 valence electrons. The Morgan fingerprint density at radius 2 is 1.89 bits per heavy atom. The van der Waals surface area contributed by atoms with Crippen molar-refractivity contribution in [3.63, 3.8) is 0 Å². The molecule has 1 N–H and O–H groups in total. The molecule has 0 aliphatic carbocycles. The van der Waals surface area contributed by atoms with Crippen LogP contribution in [0.3, 0.4) is 0 Å². The molecule has 0 saturated carbocycles. The Morgan fingerprint density at radius 3 is 2.64 bits per heavy atom. The SMILES string of the molecule is Cc1ccc(F)cc1NC(=O)C1CCN(c2nnnn2-c2ccccc2)CC1. The van der Waals surface area contributed by atoms with Gasteiger partial charge in [-0.25, -0.2) is 4.39 Å². The monoisotopic (exact) mass is 380 g/mol. The number of carbonyl (C=O) groups excluding carboxylic acids is 1. The molecule has 0 spiro atoms. The van der Waals surface area contributed by atoms with Crippen LogP contribution in [-0.2, 0) is 4.79 Å². The quantitative estimate of drug-likeness (QED) is 0.753. The molecule has 1 aliphatic heterocycles. The third-order valence-corrected chi connectivity index (χ3v) is 5.06. The van der Waals surface area contributed by atoms with Gasteiger partial charge in [0.05, 0.1) is 5.69 Å². The van der Waals surface area contributed by atoms with E-state index in [1.165, 1.54) is 12.1 Å². The fraction of sp³-hybridized carbons (Fsp3) is 0.300. The second-order valence-electron chi connectivity index (χ2n) is 6.94. The van der Waals surface area contributed by atoms with Gasteiger partial charge < -0.3 is 10.2 Å². The first kappa shape index (κ1) is 18.1. The van der Waals surface area contributed by atoms with Crippen molar-refractivity contribution in [2.45, 2.75) is 19.8 Å². The second-order valence-corrected chi connectivity index (χ2v) is 6.94. The Bertz CT molecular complexity index is 966. The van der Waals surface area contributed by atoms with E-state index >= 15 is 0 Å². The zero-order valence-corrected chi connectivity index (χ0v) is 15.5. The van der Waals surface area contributed by atoms with Gasteiger partial charge in [-0.2, -0.15) is 4.68 Å². The van der Waals surface area contributed by atoms with Crippen molar-refractivity contribution in [3.05, 3.63) is 59.9 Å². The first-order chi connectivity index (χ1) is 13.6. The predicted octanol–water partition coefficient (Wildman–Crippen LogP) is 2.96. The summed E-state index contributed by atoms with van der Waals surface area (Å²) in [4.78, 5) is 14.7. The number of aryl methyl sites for hydroxylation is 1. The number of nitrogens with one attached hydrogen (secondary N) is 1. The van der Waals surface area contributed by atoms with E-state index in [-0.39, 0.29) is 17.6 Å². The summed E-state index contributed by atoms with van der Waals surface area (Å²) >= 11 is 0. The molecule has 0 bridgehead atoms. The minimum atomic E-state index is -0.358. The third kappa shape index (κ3) is 3.71. The first-order valence-corrected chi connectivity index (χ1v) is 9.27. The summed E-state index contributed by atoms with van der Waals surface area (Å²) in [5, 5.41) is 14.9. The van der Waals surface area contributed by atoms with E-state index in [4.69, 9.17) is 0 Å². The van der Waals surface area contributed by atoms with Crippen molar-refractivity contribution in [1.29, 1.82) is 0 Å². The van der Waals surface area contributed by atoms with Crippen LogP contribution in [0.25, 0.3) is 5.69 Å². The highest BCUT2D eigenvalue weighted by Gasteiger charge is 2.28. The largest absolute Gasteiger partial charge is 0.339 e. The normalized spacial score (nSPS) is 14.9. The summed E-state index contributed by atoms with van der Waals surface area (Å²) in [5.74, 6) is 0.116. The number of anilines is 2. The summed E-state index contributed by atoms with van der Waals surface area (Å²) in [5.41, 5.74) is 2.26. The van der Waals surface area contributed by atoms with Gasteiger partial charge in [0.2, 0.25) is 11.9 Å². The molecule has 0 radical (unpaired) electrons. The van der Waals surface area contributed by atoms with E-state index in [1.54, 1.807) is 10.7 Å². The van der Waals surface area contributed by atoms with Crippen molar-refractivity contribution >= 4 is 17.5 Å². The minimum absolute atomic E-state index is 0.0731. The molecule has 1 aromatic heterocycles. The van der Waals surface area contributed by atoms with Crippen molar-refractivity contribution in [3.8, 4) is 5.69 Å². The fourth-order valence-corrected chi connectivity index (χ4v) is 3.42. The molecule has 1 saturated heterocycles. The van der Waals surface area contributed by atoms with Crippen LogP contribution in [0, 0.1) is 18.7 Å². The summed E-state index contributed by atoms with van der Waals surface area (Å²) in [6, 6.07) is 14.1. The Hall–Kier alpha value is -3.29. The van der Waals surface area contributed by atoms with Crippen molar-refractivity contribution in [2.24, 2.45) is 5.92 Å². The van der Waals surface area contributed by atoms with Crippen LogP contribution in [0.15, 0.2) is 48.5 Å². The number of aromatic nitrogens is 4. The smallest absolute Gasteiger partial charge is 0.250 e. The molecule has 4 rings (SSSR count). The Labute approximate surface area is 162 Å². The molecule has 2 heterocycles. The Morgan fingerprint density at radius 1 is 1.14 bits per heavy atom. The van der Waals surface area contributed by atoms with Gasteiger partial charge in [0, 0.05) is 24.7 Å². The molecular weight excluding hydrogens is 359 g/mol. The molecule has 3 aromatic rings. The number of hydrogen-bond acceptors (Lipinski definition) is 5. The molecule has 2 aromatic carbocycles. The van der Waals surface area contributed by atoms with E-state index < -0.39 is 0 Å². The first-order valence-electron chi connectivity index (χ1n) is 9.27. The highest BCUT2D eigenvalue weighted by molar-refractivity contribution is 5.93. The van der Waals surface area contributed by atoms with Crippen molar-refractivity contribution < 1.29 is 9.18 Å². The number of tetrazole rings is 1. The maximum atomic E-state index is 13.4. The van der Waals surface area contributed by atoms with Gasteiger partial charge in [0.25, 0.3) is 0 Å². The van der Waals surface area contributed by atoms with Crippen LogP contribution in [0.5, 0.6) is 0 Å². The summed E-state index contributed by atoms with van der Waals surface area (Å²) in [6.45, 7) is 3.20. The van der Waals surface area contributed by atoms with Gasteiger partial charge >= 0.3 is 0 Å². The lowest BCUT2D eigenvalue weighted by Gasteiger charge is -2.31. The number of para-hydroxylation sites is 1. The summed E-state index contributed by atoms with van der Waals surface area (Å²) in [7, 11) is 0. The average molecular weight is 380 g/mol. The van der Waals surface area contributed by atoms with Gasteiger partial charge in [-0.3, -0.25) is 4.79 Å². The lowest BCUT2D eigenvalue weighted by Crippen LogP contribution is -2.39. The number of piperidine rings is 1. The van der Waals surface area contributed by atoms with Crippen molar-refractivity contribution in [2.75, 3.05) is 23.3 Å². The van der Waals surface area contributed by atoms with E-state index in [1.807, 2.05) is 37.3 Å². The molecule has 28 heavy (non-hydrogen) atoms. The van der Waals surface area contributed by atoms with Gasteiger partial charge in [0.1, 0.15) is 5.82 Å². The zero-order valence-electron chi connectivity index (χ0n) is 15.5. The number of nitrogens with zero attached hydrogens (tertiary/aromatic N) is 5. The number of rotatable bonds is 4. The fourth-order valence-electron chi connectivity index (χ4n) is 3.42. The maximum absolute atomic E-state index is 13.4. The highest BCUT2D eigenvalue weighted by Crippen LogP contribution is 2.25. The molecule has 1 fully saturated rings. The van der Waals surface area contributed by atoms with Gasteiger partial charge in [0.15, 0.2) is 0 Å². The Balaban J connectivity index is 1.41. The summed E-state index contributed by atoms with van der Waals surface area (Å²) < 4.78 is 15.2. The standard InChI is InChI=1S/C20H21FN6O/c1-14-7-8-16(21)13-18(14)22-19(28)15-9-11-26(12-10-15)20-23-24-25-27(20)17-5-3-2-4-6-17/h2-8,13,15H,9-12H2,1H3,(H,22,28). The van der Waals surface area contributed by atoms with Crippen LogP contribution < -0.4 is 10.2 Å². The highest BCUT2D eigenvalue weighted by atomic mass is 19.1. The van der Waals surface area contributed by atoms with Crippen LogP contribution in [-0.4, -0.2) is 39.2 Å². The maximum Gasteiger partial charge on any atom is 0.250 e. The number of benzene rings is 2. The lowest BCUT2D eigenvalue weighted by molar-refractivity contribution is -0.120. The zero-order chi connectivity index (χ0) is 19.5. The lowest BCUT2D eigenvalue weighted by atomic mass is 9.96. The number of halogens is 1. The van der Waals surface area contributed by atoms with Gasteiger partial charge in [-0.15, -0.1) is 0 Å². The predicted molar refractivity (Wildman–Crippen MR) is 104 cm³/mol. The molecular formula is C20H21FN6O. The molecule has 0 atom stereocenters. The Kier molecular flexibility index (Phi) is 5.01. The third-order valence-electron chi connectivity index (χ3n) is 5.06. The van der Waals surface area contributed by atoms with Crippen LogP contribution in [0.4, 0.5) is 16.0 Å². The van der Waals surface area contributed by atoms with Crippen LogP contribution in [0.1, 0.15) is 18.4 Å². The molecule has 1 aliphatic rings. The van der Waals surface area contributed by atoms with E-state index in [0.717, 1.165) is 11.3 Å². The second kappa shape index (κ2) is 7.75. The molecule has 1 amide bonds. The topological polar surface area (TPSA) is 75.9 Å².